The van der Waals surface area contributed by atoms with E-state index in [2.05, 4.69) is 10.4 Å². The van der Waals surface area contributed by atoms with E-state index in [9.17, 15) is 9.50 Å². The fourth-order valence-electron chi connectivity index (χ4n) is 1.75. The maximum atomic E-state index is 13.1. The first kappa shape index (κ1) is 12.6. The van der Waals surface area contributed by atoms with Crippen molar-refractivity contribution >= 4 is 5.69 Å². The number of aliphatic hydroxyl groups excluding tert-OH is 1. The van der Waals surface area contributed by atoms with Gasteiger partial charge in [-0.05, 0) is 25.1 Å². The van der Waals surface area contributed by atoms with E-state index < -0.39 is 0 Å². The van der Waals surface area contributed by atoms with Crippen molar-refractivity contribution in [1.82, 2.24) is 9.78 Å². The molecule has 0 saturated carbocycles. The third-order valence-corrected chi connectivity index (χ3v) is 2.73. The molecule has 5 heteroatoms. The molecule has 96 valence electrons. The van der Waals surface area contributed by atoms with Crippen LogP contribution in [0.1, 0.15) is 18.5 Å². The van der Waals surface area contributed by atoms with Crippen LogP contribution in [0, 0.1) is 5.82 Å². The minimum Gasteiger partial charge on any atom is -0.394 e. The first-order chi connectivity index (χ1) is 8.72. The van der Waals surface area contributed by atoms with Gasteiger partial charge in [-0.3, -0.25) is 4.68 Å². The molecule has 0 spiro atoms. The number of aryl methyl sites for hydroxylation is 1. The van der Waals surface area contributed by atoms with E-state index in [4.69, 9.17) is 0 Å². The minimum absolute atomic E-state index is 0.0775. The van der Waals surface area contributed by atoms with Gasteiger partial charge >= 0.3 is 0 Å². The number of halogens is 1. The Hall–Kier alpha value is -1.88. The summed E-state index contributed by atoms with van der Waals surface area (Å²) in [5.74, 6) is -0.305. The lowest BCUT2D eigenvalue weighted by atomic mass is 10.1. The molecule has 0 aliphatic rings. The number of anilines is 1. The molecule has 0 aliphatic carbocycles. The van der Waals surface area contributed by atoms with Gasteiger partial charge in [0, 0.05) is 24.0 Å². The highest BCUT2D eigenvalue weighted by molar-refractivity contribution is 5.45. The van der Waals surface area contributed by atoms with E-state index in [1.54, 1.807) is 23.0 Å². The van der Waals surface area contributed by atoms with E-state index >= 15 is 0 Å². The van der Waals surface area contributed by atoms with Crippen molar-refractivity contribution in [2.24, 2.45) is 0 Å². The highest BCUT2D eigenvalue weighted by Crippen LogP contribution is 2.19. The third kappa shape index (κ3) is 2.87. The Morgan fingerprint density at radius 2 is 2.33 bits per heavy atom. The number of hydrogen-bond acceptors (Lipinski definition) is 3. The van der Waals surface area contributed by atoms with Crippen LogP contribution in [-0.2, 0) is 6.54 Å². The number of aromatic nitrogens is 2. The zero-order valence-electron chi connectivity index (χ0n) is 10.2. The number of nitrogens with one attached hydrogen (secondary N) is 1. The molecular formula is C13H16FN3O. The molecule has 1 aromatic heterocycles. The summed E-state index contributed by atoms with van der Waals surface area (Å²) in [7, 11) is 0. The summed E-state index contributed by atoms with van der Waals surface area (Å²) in [6.45, 7) is 2.69. The second kappa shape index (κ2) is 5.64. The van der Waals surface area contributed by atoms with Gasteiger partial charge in [-0.2, -0.15) is 5.10 Å². The number of benzene rings is 1. The van der Waals surface area contributed by atoms with Gasteiger partial charge in [0.25, 0.3) is 0 Å². The van der Waals surface area contributed by atoms with Crippen LogP contribution in [0.15, 0.2) is 36.7 Å². The molecule has 0 bridgehead atoms. The quantitative estimate of drug-likeness (QED) is 0.854. The van der Waals surface area contributed by atoms with Crippen LogP contribution in [0.3, 0.4) is 0 Å². The largest absolute Gasteiger partial charge is 0.394 e. The van der Waals surface area contributed by atoms with Crippen molar-refractivity contribution < 1.29 is 9.50 Å². The predicted molar refractivity (Wildman–Crippen MR) is 67.8 cm³/mol. The van der Waals surface area contributed by atoms with Gasteiger partial charge in [-0.25, -0.2) is 4.39 Å². The molecule has 4 nitrogen and oxygen atoms in total. The first-order valence-electron chi connectivity index (χ1n) is 5.88. The predicted octanol–water partition coefficient (Wildman–Crippen LogP) is 2.19. The lowest BCUT2D eigenvalue weighted by Gasteiger charge is -2.16. The average Bonchev–Trinajstić information content (AvgIpc) is 2.84. The fourth-order valence-corrected chi connectivity index (χ4v) is 1.75. The van der Waals surface area contributed by atoms with Crippen LogP contribution < -0.4 is 5.32 Å². The summed E-state index contributed by atoms with van der Waals surface area (Å²) >= 11 is 0. The van der Waals surface area contributed by atoms with E-state index in [1.807, 2.05) is 13.1 Å². The third-order valence-electron chi connectivity index (χ3n) is 2.73. The summed E-state index contributed by atoms with van der Waals surface area (Å²) in [5.41, 5.74) is 1.52. The van der Waals surface area contributed by atoms with Gasteiger partial charge in [0.05, 0.1) is 18.8 Å². The van der Waals surface area contributed by atoms with E-state index in [-0.39, 0.29) is 18.5 Å². The number of aliphatic hydroxyl groups is 1. The van der Waals surface area contributed by atoms with Gasteiger partial charge in [-0.15, -0.1) is 0 Å². The van der Waals surface area contributed by atoms with E-state index in [0.717, 1.165) is 12.1 Å². The highest BCUT2D eigenvalue weighted by atomic mass is 19.1. The molecular weight excluding hydrogens is 233 g/mol. The Labute approximate surface area is 105 Å². The van der Waals surface area contributed by atoms with Crippen molar-refractivity contribution in [2.45, 2.75) is 19.5 Å². The summed E-state index contributed by atoms with van der Waals surface area (Å²) in [4.78, 5) is 0. The van der Waals surface area contributed by atoms with Crippen LogP contribution >= 0.6 is 0 Å². The molecule has 1 aromatic carbocycles. The Bertz CT molecular complexity index is 512. The lowest BCUT2D eigenvalue weighted by molar-refractivity contribution is 0.276. The molecule has 2 rings (SSSR count). The molecule has 0 radical (unpaired) electrons. The molecule has 0 fully saturated rings. The van der Waals surface area contributed by atoms with Crippen LogP contribution in [0.25, 0.3) is 0 Å². The monoisotopic (exact) mass is 249 g/mol. The summed E-state index contributed by atoms with van der Waals surface area (Å²) < 4.78 is 14.8. The molecule has 0 saturated heterocycles. The average molecular weight is 249 g/mol. The zero-order valence-corrected chi connectivity index (χ0v) is 10.2. The van der Waals surface area contributed by atoms with E-state index in [1.165, 1.54) is 12.1 Å². The Balaban J connectivity index is 2.14. The second-order valence-corrected chi connectivity index (χ2v) is 4.02. The van der Waals surface area contributed by atoms with E-state index in [0.29, 0.717) is 5.69 Å². The van der Waals surface area contributed by atoms with Crippen LogP contribution in [-0.4, -0.2) is 21.5 Å². The standard InChI is InChI=1S/C13H16FN3O/c1-2-17-8-10(7-15-17)13(9-18)16-12-5-3-4-11(14)6-12/h3-8,13,16,18H,2,9H2,1H3. The van der Waals surface area contributed by atoms with Crippen molar-refractivity contribution in [2.75, 3.05) is 11.9 Å². The highest BCUT2D eigenvalue weighted by Gasteiger charge is 2.12. The van der Waals surface area contributed by atoms with Crippen molar-refractivity contribution in [3.8, 4) is 0 Å². The molecule has 1 atom stereocenters. The first-order valence-corrected chi connectivity index (χ1v) is 5.88. The second-order valence-electron chi connectivity index (χ2n) is 4.02. The van der Waals surface area contributed by atoms with Gasteiger partial charge < -0.3 is 10.4 Å². The Morgan fingerprint density at radius 3 is 2.94 bits per heavy atom. The molecule has 18 heavy (non-hydrogen) atoms. The minimum atomic E-state index is -0.305. The number of hydrogen-bond donors (Lipinski definition) is 2. The zero-order chi connectivity index (χ0) is 13.0. The molecule has 1 unspecified atom stereocenters. The molecule has 2 aromatic rings. The van der Waals surface area contributed by atoms with Crippen LogP contribution in [0.2, 0.25) is 0 Å². The Kier molecular flexibility index (Phi) is 3.94. The normalized spacial score (nSPS) is 12.4. The SMILES string of the molecule is CCn1cc(C(CO)Nc2cccc(F)c2)cn1. The van der Waals surface area contributed by atoms with Crippen LogP contribution in [0.5, 0.6) is 0 Å². The summed E-state index contributed by atoms with van der Waals surface area (Å²) in [5, 5.41) is 16.6. The molecule has 0 amide bonds. The molecule has 0 aliphatic heterocycles. The van der Waals surface area contributed by atoms with Gasteiger partial charge in [0.15, 0.2) is 0 Å². The lowest BCUT2D eigenvalue weighted by Crippen LogP contribution is -2.14. The topological polar surface area (TPSA) is 50.1 Å². The maximum Gasteiger partial charge on any atom is 0.125 e. The van der Waals surface area contributed by atoms with Gasteiger partial charge in [-0.1, -0.05) is 6.07 Å². The molecule has 1 heterocycles. The van der Waals surface area contributed by atoms with Crippen molar-refractivity contribution in [1.29, 1.82) is 0 Å². The Morgan fingerprint density at radius 1 is 1.50 bits per heavy atom. The number of nitrogens with zero attached hydrogens (tertiary/aromatic N) is 2. The van der Waals surface area contributed by atoms with Gasteiger partial charge in [0.2, 0.25) is 0 Å². The van der Waals surface area contributed by atoms with Crippen molar-refractivity contribution in [3.63, 3.8) is 0 Å². The molecule has 2 N–H and O–H groups in total. The van der Waals surface area contributed by atoms with Crippen LogP contribution in [0.4, 0.5) is 10.1 Å². The number of rotatable bonds is 5. The maximum absolute atomic E-state index is 13.1. The summed E-state index contributed by atoms with van der Waals surface area (Å²) in [6, 6.07) is 5.88. The van der Waals surface area contributed by atoms with Crippen molar-refractivity contribution in [3.05, 3.63) is 48.0 Å². The van der Waals surface area contributed by atoms with Gasteiger partial charge in [0.1, 0.15) is 5.82 Å². The summed E-state index contributed by atoms with van der Waals surface area (Å²) in [6.07, 6.45) is 3.57. The fraction of sp³-hybridized carbons (Fsp3) is 0.308. The smallest absolute Gasteiger partial charge is 0.125 e.